The van der Waals surface area contributed by atoms with Gasteiger partial charge < -0.3 is 10.6 Å². The predicted octanol–water partition coefficient (Wildman–Crippen LogP) is 4.79. The summed E-state index contributed by atoms with van der Waals surface area (Å²) in [6, 6.07) is 2.98. The highest BCUT2D eigenvalue weighted by atomic mass is 32.2. The Labute approximate surface area is 247 Å². The van der Waals surface area contributed by atoms with E-state index in [9.17, 15) is 26.4 Å². The van der Waals surface area contributed by atoms with E-state index in [-0.39, 0.29) is 31.5 Å². The standard InChI is InChI=1S/C31H41F3N4O3S/c1-22(21-37-14-3-2-4-15-37)23-11-12-28-24(17-23)7-5-10-29(28)36-30(39)19-26-20-35-13-16-38(26)42(40,41)27-9-6-8-25(18-27)31(32,33)34/h6,8-9,17-18,26,29,35H,1-5,7,10-16,19-21H2,(H,36,39). The Morgan fingerprint density at radius 2 is 1.86 bits per heavy atom. The number of carbonyl (C=O) groups is 1. The number of allylic oxidation sites excluding steroid dienone is 2. The predicted molar refractivity (Wildman–Crippen MR) is 156 cm³/mol. The Bertz CT molecular complexity index is 1350. The summed E-state index contributed by atoms with van der Waals surface area (Å²) in [5.74, 6) is -0.254. The molecule has 0 spiro atoms. The summed E-state index contributed by atoms with van der Waals surface area (Å²) >= 11 is 0. The molecule has 2 heterocycles. The van der Waals surface area contributed by atoms with Gasteiger partial charge in [-0.2, -0.15) is 17.5 Å². The molecule has 7 nitrogen and oxygen atoms in total. The number of halogens is 3. The zero-order chi connectivity index (χ0) is 29.9. The van der Waals surface area contributed by atoms with Gasteiger partial charge in [0.05, 0.1) is 16.5 Å². The largest absolute Gasteiger partial charge is 0.416 e. The molecular weight excluding hydrogens is 565 g/mol. The second-order valence-electron chi connectivity index (χ2n) is 11.9. The van der Waals surface area contributed by atoms with Crippen molar-refractivity contribution in [2.75, 3.05) is 39.3 Å². The fraction of sp³-hybridized carbons (Fsp3) is 0.581. The van der Waals surface area contributed by atoms with Crippen LogP contribution in [0.1, 0.15) is 63.4 Å². The monoisotopic (exact) mass is 606 g/mol. The Hall–Kier alpha value is -2.47. The van der Waals surface area contributed by atoms with Gasteiger partial charge in [0.1, 0.15) is 0 Å². The molecule has 0 radical (unpaired) electrons. The van der Waals surface area contributed by atoms with Gasteiger partial charge in [-0.05, 0) is 98.5 Å². The molecule has 230 valence electrons. The summed E-state index contributed by atoms with van der Waals surface area (Å²) in [7, 11) is -4.23. The lowest BCUT2D eigenvalue weighted by molar-refractivity contribution is -0.137. The summed E-state index contributed by atoms with van der Waals surface area (Å²) in [5.41, 5.74) is 3.99. The molecule has 2 unspecified atom stereocenters. The minimum atomic E-state index is -4.66. The van der Waals surface area contributed by atoms with Crippen LogP contribution in [0.2, 0.25) is 0 Å². The number of piperidine rings is 1. The van der Waals surface area contributed by atoms with Crippen LogP contribution in [0.5, 0.6) is 0 Å². The van der Waals surface area contributed by atoms with E-state index in [4.69, 9.17) is 0 Å². The molecule has 2 fully saturated rings. The van der Waals surface area contributed by atoms with E-state index >= 15 is 0 Å². The molecule has 5 rings (SSSR count). The number of alkyl halides is 3. The first-order chi connectivity index (χ1) is 20.0. The van der Waals surface area contributed by atoms with Crippen molar-refractivity contribution >= 4 is 15.9 Å². The number of nitrogens with one attached hydrogen (secondary N) is 2. The average molecular weight is 607 g/mol. The maximum Gasteiger partial charge on any atom is 0.416 e. The van der Waals surface area contributed by atoms with Gasteiger partial charge in [0, 0.05) is 38.6 Å². The van der Waals surface area contributed by atoms with Crippen molar-refractivity contribution in [3.05, 3.63) is 64.8 Å². The third kappa shape index (κ3) is 7.18. The number of carbonyl (C=O) groups excluding carboxylic acids is 1. The van der Waals surface area contributed by atoms with Gasteiger partial charge in [0.15, 0.2) is 0 Å². The van der Waals surface area contributed by atoms with Crippen LogP contribution in [-0.4, -0.2) is 74.9 Å². The van der Waals surface area contributed by atoms with E-state index in [1.165, 1.54) is 51.9 Å². The summed E-state index contributed by atoms with van der Waals surface area (Å²) in [4.78, 5) is 15.3. The molecule has 2 atom stereocenters. The number of rotatable bonds is 8. The smallest absolute Gasteiger partial charge is 0.350 e. The van der Waals surface area contributed by atoms with Crippen LogP contribution in [0.4, 0.5) is 13.2 Å². The zero-order valence-electron chi connectivity index (χ0n) is 24.0. The molecular formula is C31H41F3N4O3S. The number of sulfonamides is 1. The van der Waals surface area contributed by atoms with Crippen molar-refractivity contribution in [1.82, 2.24) is 19.8 Å². The van der Waals surface area contributed by atoms with Gasteiger partial charge in [-0.3, -0.25) is 9.69 Å². The Kier molecular flexibility index (Phi) is 9.61. The molecule has 0 saturated carbocycles. The highest BCUT2D eigenvalue weighted by Crippen LogP contribution is 2.37. The van der Waals surface area contributed by atoms with E-state index in [0.717, 1.165) is 63.9 Å². The third-order valence-electron chi connectivity index (χ3n) is 8.92. The van der Waals surface area contributed by atoms with E-state index < -0.39 is 32.7 Å². The van der Waals surface area contributed by atoms with Crippen LogP contribution >= 0.6 is 0 Å². The first-order valence-electron chi connectivity index (χ1n) is 15.0. The minimum Gasteiger partial charge on any atom is -0.350 e. The normalized spacial score (nSPS) is 24.6. The first kappa shape index (κ1) is 31.0. The van der Waals surface area contributed by atoms with Crippen LogP contribution < -0.4 is 10.6 Å². The van der Waals surface area contributed by atoms with Gasteiger partial charge in [-0.25, -0.2) is 8.42 Å². The summed E-state index contributed by atoms with van der Waals surface area (Å²) < 4.78 is 67.8. The van der Waals surface area contributed by atoms with Crippen LogP contribution in [0.15, 0.2) is 64.1 Å². The lowest BCUT2D eigenvalue weighted by Crippen LogP contribution is -2.55. The Morgan fingerprint density at radius 1 is 1.07 bits per heavy atom. The molecule has 42 heavy (non-hydrogen) atoms. The molecule has 1 amide bonds. The maximum atomic E-state index is 13.4. The number of benzene rings is 1. The van der Waals surface area contributed by atoms with Gasteiger partial charge in [0.2, 0.25) is 15.9 Å². The second kappa shape index (κ2) is 13.0. The molecule has 1 aromatic carbocycles. The lowest BCUT2D eigenvalue weighted by atomic mass is 9.79. The van der Waals surface area contributed by atoms with Gasteiger partial charge in [0.25, 0.3) is 0 Å². The van der Waals surface area contributed by atoms with Crippen LogP contribution in [0, 0.1) is 0 Å². The van der Waals surface area contributed by atoms with Crippen molar-refractivity contribution in [2.45, 2.75) is 80.9 Å². The number of likely N-dealkylation sites (tertiary alicyclic amines) is 1. The third-order valence-corrected chi connectivity index (χ3v) is 10.9. The minimum absolute atomic E-state index is 0.0714. The molecule has 0 bridgehead atoms. The van der Waals surface area contributed by atoms with E-state index in [1.807, 2.05) is 0 Å². The fourth-order valence-corrected chi connectivity index (χ4v) is 8.37. The van der Waals surface area contributed by atoms with Crippen LogP contribution in [-0.2, 0) is 21.0 Å². The van der Waals surface area contributed by atoms with Crippen molar-refractivity contribution in [3.8, 4) is 0 Å². The van der Waals surface area contributed by atoms with Crippen molar-refractivity contribution in [2.24, 2.45) is 0 Å². The van der Waals surface area contributed by atoms with E-state index in [1.54, 1.807) is 0 Å². The maximum absolute atomic E-state index is 13.4. The molecule has 0 aromatic heterocycles. The number of amides is 1. The highest BCUT2D eigenvalue weighted by molar-refractivity contribution is 7.89. The van der Waals surface area contributed by atoms with Crippen molar-refractivity contribution in [3.63, 3.8) is 0 Å². The number of nitrogens with zero attached hydrogens (tertiary/aromatic N) is 2. The average Bonchev–Trinajstić information content (AvgIpc) is 2.97. The number of hydrogen-bond acceptors (Lipinski definition) is 5. The van der Waals surface area contributed by atoms with Gasteiger partial charge in [-0.1, -0.05) is 25.1 Å². The second-order valence-corrected chi connectivity index (χ2v) is 13.8. The Morgan fingerprint density at radius 3 is 2.62 bits per heavy atom. The summed E-state index contributed by atoms with van der Waals surface area (Å²) in [6.45, 7) is 8.23. The molecule has 1 aromatic rings. The molecule has 11 heteroatoms. The topological polar surface area (TPSA) is 81.8 Å². The zero-order valence-corrected chi connectivity index (χ0v) is 24.8. The van der Waals surface area contributed by atoms with Crippen molar-refractivity contribution < 1.29 is 26.4 Å². The summed E-state index contributed by atoms with van der Waals surface area (Å²) in [5, 5.41) is 6.29. The van der Waals surface area contributed by atoms with Gasteiger partial charge >= 0.3 is 6.18 Å². The molecule has 2 aliphatic heterocycles. The fourth-order valence-electron chi connectivity index (χ4n) is 6.70. The molecule has 2 saturated heterocycles. The van der Waals surface area contributed by atoms with E-state index in [0.29, 0.717) is 12.6 Å². The molecule has 2 aliphatic carbocycles. The SMILES string of the molecule is C=C(CN1CCCCC1)C1=CC2=C(CC1)C(NC(=O)CC1CNCCN1S(=O)(=O)c1cccc(C(F)(F)F)c1)CCC2. The lowest BCUT2D eigenvalue weighted by Gasteiger charge is -2.36. The van der Waals surface area contributed by atoms with E-state index in [2.05, 4.69) is 28.2 Å². The van der Waals surface area contributed by atoms with Crippen molar-refractivity contribution in [1.29, 1.82) is 0 Å². The Balaban J connectivity index is 1.25. The van der Waals surface area contributed by atoms with Crippen LogP contribution in [0.25, 0.3) is 0 Å². The summed E-state index contributed by atoms with van der Waals surface area (Å²) in [6.07, 6.45) is 5.86. The molecule has 2 N–H and O–H groups in total. The molecule has 4 aliphatic rings. The van der Waals surface area contributed by atoms with Crippen LogP contribution in [0.3, 0.4) is 0 Å². The number of piperazine rings is 1. The highest BCUT2D eigenvalue weighted by Gasteiger charge is 2.37. The van der Waals surface area contributed by atoms with Gasteiger partial charge in [-0.15, -0.1) is 0 Å². The number of hydrogen-bond donors (Lipinski definition) is 2. The first-order valence-corrected chi connectivity index (χ1v) is 16.5. The quantitative estimate of drug-likeness (QED) is 0.445.